The fourth-order valence-corrected chi connectivity index (χ4v) is 3.46. The fourth-order valence-electron chi connectivity index (χ4n) is 3.46. The SMILES string of the molecule is O=C(CCc1ncc(-c2ccc(F)cc2)o1)Nc1cccc(OC2CCCC2)c1. The largest absolute Gasteiger partial charge is 0.490 e. The number of hydrogen-bond donors (Lipinski definition) is 1. The molecule has 4 rings (SSSR count). The average molecular weight is 394 g/mol. The van der Waals surface area contributed by atoms with E-state index in [1.54, 1.807) is 18.3 Å². The predicted molar refractivity (Wildman–Crippen MR) is 108 cm³/mol. The predicted octanol–water partition coefficient (Wildman–Crippen LogP) is 5.37. The lowest BCUT2D eigenvalue weighted by Gasteiger charge is -2.14. The number of benzene rings is 2. The molecule has 3 aromatic rings. The summed E-state index contributed by atoms with van der Waals surface area (Å²) >= 11 is 0. The van der Waals surface area contributed by atoms with Crippen molar-refractivity contribution in [2.75, 3.05) is 5.32 Å². The molecule has 2 aromatic carbocycles. The molecular formula is C23H23FN2O3. The summed E-state index contributed by atoms with van der Waals surface area (Å²) in [4.78, 5) is 16.5. The maximum absolute atomic E-state index is 13.0. The Balaban J connectivity index is 1.29. The number of nitrogens with zero attached hydrogens (tertiary/aromatic N) is 1. The van der Waals surface area contributed by atoms with Crippen LogP contribution in [0.25, 0.3) is 11.3 Å². The number of hydrogen-bond acceptors (Lipinski definition) is 4. The Morgan fingerprint density at radius 2 is 1.97 bits per heavy atom. The number of aryl methyl sites for hydroxylation is 1. The molecule has 0 aliphatic heterocycles. The molecular weight excluding hydrogens is 371 g/mol. The summed E-state index contributed by atoms with van der Waals surface area (Å²) < 4.78 is 24.7. The van der Waals surface area contributed by atoms with E-state index >= 15 is 0 Å². The number of amides is 1. The molecule has 1 N–H and O–H groups in total. The van der Waals surface area contributed by atoms with Crippen LogP contribution in [0.2, 0.25) is 0 Å². The highest BCUT2D eigenvalue weighted by Crippen LogP contribution is 2.26. The summed E-state index contributed by atoms with van der Waals surface area (Å²) in [6, 6.07) is 13.5. The number of rotatable bonds is 7. The van der Waals surface area contributed by atoms with Gasteiger partial charge in [-0.3, -0.25) is 4.79 Å². The first kappa shape index (κ1) is 19.2. The van der Waals surface area contributed by atoms with Gasteiger partial charge in [0, 0.05) is 30.2 Å². The van der Waals surface area contributed by atoms with Gasteiger partial charge in [-0.15, -0.1) is 0 Å². The van der Waals surface area contributed by atoms with Crippen LogP contribution in [0.15, 0.2) is 59.1 Å². The van der Waals surface area contributed by atoms with Crippen LogP contribution in [-0.4, -0.2) is 17.0 Å². The lowest BCUT2D eigenvalue weighted by molar-refractivity contribution is -0.116. The van der Waals surface area contributed by atoms with E-state index in [0.717, 1.165) is 24.2 Å². The van der Waals surface area contributed by atoms with Gasteiger partial charge in [-0.05, 0) is 62.1 Å². The zero-order valence-corrected chi connectivity index (χ0v) is 16.1. The second-order valence-electron chi connectivity index (χ2n) is 7.23. The van der Waals surface area contributed by atoms with Crippen molar-refractivity contribution in [3.63, 3.8) is 0 Å². The third kappa shape index (κ3) is 5.22. The first-order valence-electron chi connectivity index (χ1n) is 9.93. The number of nitrogens with one attached hydrogen (secondary N) is 1. The van der Waals surface area contributed by atoms with Crippen molar-refractivity contribution in [2.45, 2.75) is 44.6 Å². The quantitative estimate of drug-likeness (QED) is 0.585. The Bertz CT molecular complexity index is 962. The van der Waals surface area contributed by atoms with Crippen LogP contribution < -0.4 is 10.1 Å². The summed E-state index contributed by atoms with van der Waals surface area (Å²) in [5, 5.41) is 2.89. The van der Waals surface area contributed by atoms with Gasteiger partial charge in [0.2, 0.25) is 5.91 Å². The van der Waals surface area contributed by atoms with Gasteiger partial charge in [-0.1, -0.05) is 6.07 Å². The Morgan fingerprint density at radius 3 is 2.76 bits per heavy atom. The molecule has 0 atom stereocenters. The molecule has 0 spiro atoms. The number of ether oxygens (including phenoxy) is 1. The van der Waals surface area contributed by atoms with Crippen molar-refractivity contribution in [3.05, 3.63) is 66.4 Å². The lowest BCUT2D eigenvalue weighted by Crippen LogP contribution is -2.13. The van der Waals surface area contributed by atoms with Crippen molar-refractivity contribution in [1.82, 2.24) is 4.98 Å². The van der Waals surface area contributed by atoms with E-state index < -0.39 is 0 Å². The third-order valence-corrected chi connectivity index (χ3v) is 4.97. The van der Waals surface area contributed by atoms with Crippen LogP contribution in [-0.2, 0) is 11.2 Å². The van der Waals surface area contributed by atoms with Gasteiger partial charge in [0.25, 0.3) is 0 Å². The highest BCUT2D eigenvalue weighted by atomic mass is 19.1. The average Bonchev–Trinajstić information content (AvgIpc) is 3.39. The number of oxazole rings is 1. The topological polar surface area (TPSA) is 64.4 Å². The highest BCUT2D eigenvalue weighted by molar-refractivity contribution is 5.90. The Kier molecular flexibility index (Phi) is 5.89. The van der Waals surface area contributed by atoms with Crippen molar-refractivity contribution in [1.29, 1.82) is 0 Å². The molecule has 1 amide bonds. The summed E-state index contributed by atoms with van der Waals surface area (Å²) in [5.41, 5.74) is 1.46. The summed E-state index contributed by atoms with van der Waals surface area (Å²) in [7, 11) is 0. The van der Waals surface area contributed by atoms with E-state index in [1.165, 1.54) is 25.0 Å². The van der Waals surface area contributed by atoms with Crippen LogP contribution in [0.4, 0.5) is 10.1 Å². The molecule has 29 heavy (non-hydrogen) atoms. The Labute approximate surface area is 168 Å². The van der Waals surface area contributed by atoms with Crippen LogP contribution in [0, 0.1) is 5.82 Å². The van der Waals surface area contributed by atoms with Crippen molar-refractivity contribution in [3.8, 4) is 17.1 Å². The molecule has 1 aromatic heterocycles. The normalized spacial score (nSPS) is 14.1. The van der Waals surface area contributed by atoms with Crippen molar-refractivity contribution in [2.24, 2.45) is 0 Å². The second-order valence-corrected chi connectivity index (χ2v) is 7.23. The van der Waals surface area contributed by atoms with Gasteiger partial charge in [-0.25, -0.2) is 9.37 Å². The summed E-state index contributed by atoms with van der Waals surface area (Å²) in [6.45, 7) is 0. The smallest absolute Gasteiger partial charge is 0.224 e. The fraction of sp³-hybridized carbons (Fsp3) is 0.304. The molecule has 5 nitrogen and oxygen atoms in total. The number of carbonyl (C=O) groups excluding carboxylic acids is 1. The van der Waals surface area contributed by atoms with E-state index in [9.17, 15) is 9.18 Å². The molecule has 1 heterocycles. The van der Waals surface area contributed by atoms with Crippen LogP contribution in [0.5, 0.6) is 5.75 Å². The standard InChI is InChI=1S/C23H23FN2O3/c24-17-10-8-16(9-11-17)21-15-25-23(29-21)13-12-22(27)26-18-4-3-7-20(14-18)28-19-5-1-2-6-19/h3-4,7-11,14-15,19H,1-2,5-6,12-13H2,(H,26,27). The molecule has 1 saturated carbocycles. The van der Waals surface area contributed by atoms with E-state index in [-0.39, 0.29) is 24.2 Å². The summed E-state index contributed by atoms with van der Waals surface area (Å²) in [5.74, 6) is 1.38. The molecule has 0 bridgehead atoms. The minimum Gasteiger partial charge on any atom is -0.490 e. The molecule has 1 aliphatic carbocycles. The van der Waals surface area contributed by atoms with Crippen molar-refractivity contribution < 1.29 is 18.3 Å². The Morgan fingerprint density at radius 1 is 1.17 bits per heavy atom. The van der Waals surface area contributed by atoms with Gasteiger partial charge in [-0.2, -0.15) is 0 Å². The Hall–Kier alpha value is -3.15. The zero-order chi connectivity index (χ0) is 20.1. The zero-order valence-electron chi connectivity index (χ0n) is 16.1. The van der Waals surface area contributed by atoms with Gasteiger partial charge < -0.3 is 14.5 Å². The molecule has 1 aliphatic rings. The first-order chi connectivity index (χ1) is 14.2. The van der Waals surface area contributed by atoms with Crippen LogP contribution in [0.3, 0.4) is 0 Å². The van der Waals surface area contributed by atoms with Gasteiger partial charge in [0.15, 0.2) is 11.7 Å². The van der Waals surface area contributed by atoms with Gasteiger partial charge in [0.1, 0.15) is 11.6 Å². The van der Waals surface area contributed by atoms with E-state index in [0.29, 0.717) is 23.8 Å². The number of anilines is 1. The van der Waals surface area contributed by atoms with E-state index in [4.69, 9.17) is 9.15 Å². The van der Waals surface area contributed by atoms with Gasteiger partial charge >= 0.3 is 0 Å². The minimum absolute atomic E-state index is 0.121. The van der Waals surface area contributed by atoms with E-state index in [1.807, 2.05) is 24.3 Å². The minimum atomic E-state index is -0.303. The first-order valence-corrected chi connectivity index (χ1v) is 9.93. The van der Waals surface area contributed by atoms with Crippen LogP contribution in [0.1, 0.15) is 38.0 Å². The third-order valence-electron chi connectivity index (χ3n) is 4.97. The number of halogens is 1. The summed E-state index contributed by atoms with van der Waals surface area (Å²) in [6.07, 6.45) is 7.10. The maximum atomic E-state index is 13.0. The molecule has 6 heteroatoms. The second kappa shape index (κ2) is 8.90. The van der Waals surface area contributed by atoms with Crippen molar-refractivity contribution >= 4 is 11.6 Å². The molecule has 0 unspecified atom stereocenters. The highest BCUT2D eigenvalue weighted by Gasteiger charge is 2.16. The van der Waals surface area contributed by atoms with Gasteiger partial charge in [0.05, 0.1) is 12.3 Å². The number of aromatic nitrogens is 1. The molecule has 0 saturated heterocycles. The lowest BCUT2D eigenvalue weighted by atomic mass is 10.2. The molecule has 1 fully saturated rings. The molecule has 0 radical (unpaired) electrons. The molecule has 150 valence electrons. The van der Waals surface area contributed by atoms with E-state index in [2.05, 4.69) is 10.3 Å². The maximum Gasteiger partial charge on any atom is 0.224 e. The monoisotopic (exact) mass is 394 g/mol. The van der Waals surface area contributed by atoms with Crippen LogP contribution >= 0.6 is 0 Å². The number of carbonyl (C=O) groups is 1.